The summed E-state index contributed by atoms with van der Waals surface area (Å²) in [7, 11) is 0. The molecule has 0 spiro atoms. The molecule has 0 saturated heterocycles. The Morgan fingerprint density at radius 3 is 2.70 bits per heavy atom. The van der Waals surface area contributed by atoms with E-state index in [0.29, 0.717) is 12.2 Å². The molecule has 1 aromatic rings. The summed E-state index contributed by atoms with van der Waals surface area (Å²) in [5.41, 5.74) is 0.500. The Hall–Kier alpha value is -2.31. The highest BCUT2D eigenvalue weighted by atomic mass is 16.6. The number of hydrogen-bond acceptors (Lipinski definition) is 5. The quantitative estimate of drug-likeness (QED) is 0.588. The molecule has 0 aliphatic heterocycles. The molecular formula is C13H19N3O4. The van der Waals surface area contributed by atoms with Gasteiger partial charge in [0.15, 0.2) is 5.75 Å². The fourth-order valence-corrected chi connectivity index (χ4v) is 1.57. The van der Waals surface area contributed by atoms with Gasteiger partial charge in [-0.2, -0.15) is 0 Å². The zero-order chi connectivity index (χ0) is 15.1. The zero-order valence-corrected chi connectivity index (χ0v) is 11.8. The van der Waals surface area contributed by atoms with Crippen LogP contribution in [-0.4, -0.2) is 30.0 Å². The molecule has 0 saturated carbocycles. The van der Waals surface area contributed by atoms with Gasteiger partial charge in [-0.15, -0.1) is 0 Å². The van der Waals surface area contributed by atoms with Crippen LogP contribution in [-0.2, 0) is 4.79 Å². The maximum atomic E-state index is 11.3. The summed E-state index contributed by atoms with van der Waals surface area (Å²) in [4.78, 5) is 21.8. The van der Waals surface area contributed by atoms with Gasteiger partial charge in [0.1, 0.15) is 0 Å². The van der Waals surface area contributed by atoms with Crippen molar-refractivity contribution >= 4 is 17.3 Å². The van der Waals surface area contributed by atoms with Crippen LogP contribution >= 0.6 is 0 Å². The van der Waals surface area contributed by atoms with Crippen molar-refractivity contribution in [2.45, 2.75) is 26.9 Å². The first-order chi connectivity index (χ1) is 9.43. The van der Waals surface area contributed by atoms with Crippen molar-refractivity contribution in [2.24, 2.45) is 0 Å². The summed E-state index contributed by atoms with van der Waals surface area (Å²) in [5.74, 6) is 0.0445. The molecule has 0 unspecified atom stereocenters. The molecule has 0 aliphatic rings. The first-order valence-corrected chi connectivity index (χ1v) is 6.39. The Morgan fingerprint density at radius 2 is 2.15 bits per heavy atom. The highest BCUT2D eigenvalue weighted by molar-refractivity contribution is 5.80. The highest BCUT2D eigenvalue weighted by Crippen LogP contribution is 2.30. The number of nitro benzene ring substituents is 1. The van der Waals surface area contributed by atoms with Crippen LogP contribution in [0.5, 0.6) is 5.75 Å². The summed E-state index contributed by atoms with van der Waals surface area (Å²) in [6.45, 7) is 6.07. The minimum absolute atomic E-state index is 0.0951. The van der Waals surface area contributed by atoms with Crippen LogP contribution in [0.2, 0.25) is 0 Å². The Balaban J connectivity index is 2.83. The Labute approximate surface area is 117 Å². The van der Waals surface area contributed by atoms with Gasteiger partial charge in [-0.05, 0) is 26.8 Å². The molecule has 110 valence electrons. The molecule has 7 nitrogen and oxygen atoms in total. The number of amides is 1. The average Bonchev–Trinajstić information content (AvgIpc) is 2.36. The van der Waals surface area contributed by atoms with Crippen molar-refractivity contribution in [1.29, 1.82) is 0 Å². The summed E-state index contributed by atoms with van der Waals surface area (Å²) < 4.78 is 5.42. The maximum Gasteiger partial charge on any atom is 0.311 e. The number of benzene rings is 1. The van der Waals surface area contributed by atoms with Crippen LogP contribution in [0, 0.1) is 10.1 Å². The monoisotopic (exact) mass is 281 g/mol. The van der Waals surface area contributed by atoms with E-state index >= 15 is 0 Å². The number of rotatable bonds is 7. The molecule has 1 amide bonds. The van der Waals surface area contributed by atoms with Gasteiger partial charge in [0, 0.05) is 24.4 Å². The molecule has 0 aromatic heterocycles. The van der Waals surface area contributed by atoms with Crippen molar-refractivity contribution < 1.29 is 14.5 Å². The number of hydrogen-bond donors (Lipinski definition) is 2. The number of nitrogens with zero attached hydrogens (tertiary/aromatic N) is 1. The van der Waals surface area contributed by atoms with E-state index in [4.69, 9.17) is 4.74 Å². The molecule has 1 rings (SSSR count). The second-order valence-corrected chi connectivity index (χ2v) is 4.41. The van der Waals surface area contributed by atoms with Crippen LogP contribution in [0.1, 0.15) is 20.8 Å². The van der Waals surface area contributed by atoms with E-state index < -0.39 is 4.92 Å². The summed E-state index contributed by atoms with van der Waals surface area (Å²) in [6.07, 6.45) is -0.174. The number of ether oxygens (including phenoxy) is 1. The molecule has 0 bridgehead atoms. The molecule has 0 radical (unpaired) electrons. The molecule has 0 fully saturated rings. The fourth-order valence-electron chi connectivity index (χ4n) is 1.57. The zero-order valence-electron chi connectivity index (χ0n) is 11.8. The van der Waals surface area contributed by atoms with E-state index in [0.717, 1.165) is 0 Å². The van der Waals surface area contributed by atoms with Gasteiger partial charge in [0.25, 0.3) is 0 Å². The normalized spacial score (nSPS) is 10.2. The second kappa shape index (κ2) is 7.32. The molecule has 2 N–H and O–H groups in total. The number of nitrogens with one attached hydrogen (secondary N) is 2. The fraction of sp³-hybridized carbons (Fsp3) is 0.462. The summed E-state index contributed by atoms with van der Waals surface area (Å²) >= 11 is 0. The highest BCUT2D eigenvalue weighted by Gasteiger charge is 2.16. The minimum atomic E-state index is -0.495. The van der Waals surface area contributed by atoms with Crippen molar-refractivity contribution in [3.8, 4) is 5.75 Å². The van der Waals surface area contributed by atoms with Gasteiger partial charge in [0.2, 0.25) is 5.91 Å². The largest absolute Gasteiger partial charge is 0.484 e. The number of carbonyl (C=O) groups excluding carboxylic acids is 1. The van der Waals surface area contributed by atoms with E-state index in [9.17, 15) is 14.9 Å². The van der Waals surface area contributed by atoms with Crippen molar-refractivity contribution in [2.75, 3.05) is 18.4 Å². The lowest BCUT2D eigenvalue weighted by Gasteiger charge is -2.12. The van der Waals surface area contributed by atoms with Crippen LogP contribution in [0.25, 0.3) is 0 Å². The Morgan fingerprint density at radius 1 is 1.45 bits per heavy atom. The van der Waals surface area contributed by atoms with E-state index in [1.54, 1.807) is 19.9 Å². The van der Waals surface area contributed by atoms with Gasteiger partial charge in [-0.25, -0.2) is 0 Å². The topological polar surface area (TPSA) is 93.5 Å². The molecule has 0 aliphatic carbocycles. The molecule has 1 aromatic carbocycles. The first-order valence-electron chi connectivity index (χ1n) is 6.39. The van der Waals surface area contributed by atoms with Crippen LogP contribution in [0.3, 0.4) is 0 Å². The van der Waals surface area contributed by atoms with E-state index in [-0.39, 0.29) is 30.0 Å². The van der Waals surface area contributed by atoms with Gasteiger partial charge in [-0.3, -0.25) is 14.9 Å². The van der Waals surface area contributed by atoms with E-state index in [1.807, 2.05) is 6.92 Å². The van der Waals surface area contributed by atoms with E-state index in [1.165, 1.54) is 12.1 Å². The first kappa shape index (κ1) is 15.7. The predicted octanol–water partition coefficient (Wildman–Crippen LogP) is 1.93. The maximum absolute atomic E-state index is 11.3. The van der Waals surface area contributed by atoms with Gasteiger partial charge >= 0.3 is 5.69 Å². The minimum Gasteiger partial charge on any atom is -0.484 e. The lowest BCUT2D eigenvalue weighted by atomic mass is 10.2. The summed E-state index contributed by atoms with van der Waals surface area (Å²) in [5, 5.41) is 16.5. The van der Waals surface area contributed by atoms with Crippen LogP contribution in [0.4, 0.5) is 11.4 Å². The molecule has 0 heterocycles. The third-order valence-electron chi connectivity index (χ3n) is 2.35. The Bertz CT molecular complexity index is 489. The SMILES string of the molecule is CCNC(=O)CNc1ccc([N+](=O)[O-])c(OC(C)C)c1. The lowest BCUT2D eigenvalue weighted by Crippen LogP contribution is -2.29. The average molecular weight is 281 g/mol. The number of nitro groups is 1. The van der Waals surface area contributed by atoms with Crippen LogP contribution in [0.15, 0.2) is 18.2 Å². The smallest absolute Gasteiger partial charge is 0.311 e. The van der Waals surface area contributed by atoms with Crippen molar-refractivity contribution in [1.82, 2.24) is 5.32 Å². The molecular weight excluding hydrogens is 262 g/mol. The van der Waals surface area contributed by atoms with E-state index in [2.05, 4.69) is 10.6 Å². The van der Waals surface area contributed by atoms with Crippen molar-refractivity contribution in [3.05, 3.63) is 28.3 Å². The van der Waals surface area contributed by atoms with Crippen LogP contribution < -0.4 is 15.4 Å². The van der Waals surface area contributed by atoms with Gasteiger partial charge in [-0.1, -0.05) is 0 Å². The van der Waals surface area contributed by atoms with Crippen molar-refractivity contribution in [3.63, 3.8) is 0 Å². The number of carbonyl (C=O) groups is 1. The van der Waals surface area contributed by atoms with Gasteiger partial charge < -0.3 is 15.4 Å². The van der Waals surface area contributed by atoms with Gasteiger partial charge in [0.05, 0.1) is 17.6 Å². The molecule has 20 heavy (non-hydrogen) atoms. The third-order valence-corrected chi connectivity index (χ3v) is 2.35. The number of likely N-dealkylation sites (N-methyl/N-ethyl adjacent to an activating group) is 1. The molecule has 7 heteroatoms. The summed E-state index contributed by atoms with van der Waals surface area (Å²) in [6, 6.07) is 4.43. The second-order valence-electron chi connectivity index (χ2n) is 4.41. The lowest BCUT2D eigenvalue weighted by molar-refractivity contribution is -0.386. The standard InChI is InChI=1S/C13H19N3O4/c1-4-14-13(17)8-15-10-5-6-11(16(18)19)12(7-10)20-9(2)3/h5-7,9,15H,4,8H2,1-3H3,(H,14,17). The third kappa shape index (κ3) is 4.75. The molecule has 0 atom stereocenters. The Kier molecular flexibility index (Phi) is 5.76. The number of anilines is 1. The predicted molar refractivity (Wildman–Crippen MR) is 76.0 cm³/mol.